The largest absolute Gasteiger partial charge is 0.493 e. The molecule has 0 bridgehead atoms. The average Bonchev–Trinajstić information content (AvgIpc) is 2.91. The minimum Gasteiger partial charge on any atom is -0.493 e. The first-order valence-electron chi connectivity index (χ1n) is 12.3. The number of amides is 3. The summed E-state index contributed by atoms with van der Waals surface area (Å²) in [6.45, 7) is 5.39. The maximum absolute atomic E-state index is 12.6. The highest BCUT2D eigenvalue weighted by Gasteiger charge is 2.32. The number of ether oxygens (including phenoxy) is 5. The van der Waals surface area contributed by atoms with Gasteiger partial charge in [0.05, 0.1) is 50.3 Å². The van der Waals surface area contributed by atoms with E-state index in [0.29, 0.717) is 45.7 Å². The highest BCUT2D eigenvalue weighted by atomic mass is 35.5. The van der Waals surface area contributed by atoms with Crippen LogP contribution in [0.5, 0.6) is 23.0 Å². The predicted octanol–water partition coefficient (Wildman–Crippen LogP) is 3.48. The van der Waals surface area contributed by atoms with Crippen LogP contribution in [0.4, 0.5) is 4.79 Å². The summed E-state index contributed by atoms with van der Waals surface area (Å²) >= 11 is 6.24. The van der Waals surface area contributed by atoms with E-state index in [2.05, 4.69) is 21.2 Å². The Bertz CT molecular complexity index is 1330. The van der Waals surface area contributed by atoms with Crippen molar-refractivity contribution in [2.75, 3.05) is 34.0 Å². The molecular formula is C27H31ClN4O8. The lowest BCUT2D eigenvalue weighted by atomic mass is 9.95. The molecule has 0 aliphatic carbocycles. The molecule has 0 aromatic heterocycles. The van der Waals surface area contributed by atoms with E-state index >= 15 is 0 Å². The van der Waals surface area contributed by atoms with Gasteiger partial charge in [-0.15, -0.1) is 0 Å². The van der Waals surface area contributed by atoms with Crippen LogP contribution in [0.3, 0.4) is 0 Å². The van der Waals surface area contributed by atoms with Gasteiger partial charge < -0.3 is 34.3 Å². The molecule has 3 rings (SSSR count). The zero-order chi connectivity index (χ0) is 29.2. The van der Waals surface area contributed by atoms with E-state index in [-0.39, 0.29) is 24.5 Å². The summed E-state index contributed by atoms with van der Waals surface area (Å²) in [7, 11) is 2.92. The maximum Gasteiger partial charge on any atom is 0.338 e. The van der Waals surface area contributed by atoms with Crippen molar-refractivity contribution in [3.8, 4) is 23.0 Å². The van der Waals surface area contributed by atoms with Gasteiger partial charge in [-0.1, -0.05) is 17.7 Å². The molecule has 1 heterocycles. The monoisotopic (exact) mass is 574 g/mol. The Morgan fingerprint density at radius 2 is 1.82 bits per heavy atom. The zero-order valence-electron chi connectivity index (χ0n) is 22.8. The Hall–Kier alpha value is -4.45. The molecule has 0 unspecified atom stereocenters. The summed E-state index contributed by atoms with van der Waals surface area (Å²) in [5.41, 5.74) is 4.17. The molecule has 0 saturated carbocycles. The van der Waals surface area contributed by atoms with Crippen LogP contribution in [0.25, 0.3) is 0 Å². The van der Waals surface area contributed by atoms with Crippen molar-refractivity contribution in [2.45, 2.75) is 26.8 Å². The van der Waals surface area contributed by atoms with Crippen LogP contribution in [0.15, 0.2) is 46.7 Å². The molecule has 0 radical (unpaired) electrons. The van der Waals surface area contributed by atoms with Crippen molar-refractivity contribution in [1.82, 2.24) is 16.1 Å². The van der Waals surface area contributed by atoms with Gasteiger partial charge in [0.1, 0.15) is 0 Å². The third-order valence-corrected chi connectivity index (χ3v) is 5.86. The lowest BCUT2D eigenvalue weighted by Crippen LogP contribution is -2.45. The van der Waals surface area contributed by atoms with Crippen LogP contribution in [-0.4, -0.2) is 58.2 Å². The summed E-state index contributed by atoms with van der Waals surface area (Å²) in [4.78, 5) is 37.0. The molecule has 1 aliphatic heterocycles. The van der Waals surface area contributed by atoms with Crippen molar-refractivity contribution >= 4 is 35.7 Å². The molecule has 0 fully saturated rings. The minimum absolute atomic E-state index is 0.181. The van der Waals surface area contributed by atoms with E-state index < -0.39 is 23.9 Å². The third kappa shape index (κ3) is 7.35. The van der Waals surface area contributed by atoms with Gasteiger partial charge in [0.25, 0.3) is 5.91 Å². The number of halogens is 1. The summed E-state index contributed by atoms with van der Waals surface area (Å²) in [6.07, 6.45) is 1.41. The number of hydrogen-bond donors (Lipinski definition) is 3. The summed E-state index contributed by atoms with van der Waals surface area (Å²) < 4.78 is 27.0. The van der Waals surface area contributed by atoms with Crippen LogP contribution in [0.1, 0.15) is 37.9 Å². The SMILES string of the molecule is CCOC(=O)C1=C(C)NC(=O)N[C@@H]1c1ccc(OCC(=O)N/N=C\c2cc(Cl)c(OC)c(OCC)c2)c(OC)c1. The Balaban J connectivity index is 1.68. The smallest absolute Gasteiger partial charge is 0.338 e. The Kier molecular flexibility index (Phi) is 10.6. The molecule has 3 amide bonds. The van der Waals surface area contributed by atoms with Crippen molar-refractivity contribution in [3.05, 3.63) is 57.8 Å². The second-order valence-electron chi connectivity index (χ2n) is 8.25. The molecule has 214 valence electrons. The summed E-state index contributed by atoms with van der Waals surface area (Å²) in [5, 5.41) is 9.58. The molecule has 12 nitrogen and oxygen atoms in total. The predicted molar refractivity (Wildman–Crippen MR) is 147 cm³/mol. The molecular weight excluding hydrogens is 544 g/mol. The summed E-state index contributed by atoms with van der Waals surface area (Å²) in [6, 6.07) is 6.91. The van der Waals surface area contributed by atoms with Crippen molar-refractivity contribution in [2.24, 2.45) is 5.10 Å². The van der Waals surface area contributed by atoms with Gasteiger partial charge >= 0.3 is 12.0 Å². The number of carbonyl (C=O) groups excluding carboxylic acids is 3. The number of urea groups is 1. The number of rotatable bonds is 12. The fourth-order valence-electron chi connectivity index (χ4n) is 3.88. The van der Waals surface area contributed by atoms with Crippen LogP contribution < -0.4 is 35.0 Å². The van der Waals surface area contributed by atoms with Crippen LogP contribution in [0, 0.1) is 0 Å². The third-order valence-electron chi connectivity index (χ3n) is 5.58. The normalized spacial score (nSPS) is 14.8. The first-order chi connectivity index (χ1) is 19.2. The van der Waals surface area contributed by atoms with Gasteiger partial charge in [-0.25, -0.2) is 15.0 Å². The van der Waals surface area contributed by atoms with Crippen molar-refractivity contribution < 1.29 is 38.1 Å². The molecule has 0 spiro atoms. The molecule has 2 aromatic carbocycles. The average molecular weight is 575 g/mol. The lowest BCUT2D eigenvalue weighted by molar-refractivity contribution is -0.139. The van der Waals surface area contributed by atoms with Crippen molar-refractivity contribution in [1.29, 1.82) is 0 Å². The van der Waals surface area contributed by atoms with E-state index in [4.69, 9.17) is 35.3 Å². The highest BCUT2D eigenvalue weighted by molar-refractivity contribution is 6.32. The molecule has 1 atom stereocenters. The maximum atomic E-state index is 12.6. The van der Waals surface area contributed by atoms with E-state index in [0.717, 1.165) is 0 Å². The molecule has 13 heteroatoms. The number of nitrogens with one attached hydrogen (secondary N) is 3. The molecule has 40 heavy (non-hydrogen) atoms. The minimum atomic E-state index is -0.775. The molecule has 2 aromatic rings. The number of allylic oxidation sites excluding steroid dienone is 1. The fourth-order valence-corrected chi connectivity index (χ4v) is 4.18. The number of methoxy groups -OCH3 is 2. The van der Waals surface area contributed by atoms with E-state index in [1.54, 1.807) is 44.2 Å². The fraction of sp³-hybridized carbons (Fsp3) is 0.333. The molecule has 3 N–H and O–H groups in total. The van der Waals surface area contributed by atoms with Gasteiger partial charge in [0.2, 0.25) is 0 Å². The number of hydrogen-bond acceptors (Lipinski definition) is 9. The number of hydrazone groups is 1. The van der Waals surface area contributed by atoms with Crippen LogP contribution in [0.2, 0.25) is 5.02 Å². The molecule has 1 aliphatic rings. The van der Waals surface area contributed by atoms with Gasteiger partial charge in [-0.2, -0.15) is 5.10 Å². The van der Waals surface area contributed by atoms with E-state index in [9.17, 15) is 14.4 Å². The Labute approximate surface area is 236 Å². The van der Waals surface area contributed by atoms with E-state index in [1.807, 2.05) is 6.92 Å². The van der Waals surface area contributed by atoms with Gasteiger partial charge in [0.15, 0.2) is 29.6 Å². The standard InChI is InChI=1S/C27H31ClN4O8/c1-6-38-21-11-16(10-18(28)25(21)37-5)13-29-32-22(33)14-40-19-9-8-17(12-20(19)36-4)24-23(26(34)39-7-2)15(3)30-27(35)31-24/h8-13,24H,6-7,14H2,1-5H3,(H,32,33)(H2,30,31,35)/b29-13-/t24-/m1/s1. The van der Waals surface area contributed by atoms with Gasteiger partial charge in [-0.05, 0) is 56.2 Å². The lowest BCUT2D eigenvalue weighted by Gasteiger charge is -2.28. The topological polar surface area (TPSA) is 146 Å². The van der Waals surface area contributed by atoms with E-state index in [1.165, 1.54) is 20.4 Å². The number of nitrogens with zero attached hydrogens (tertiary/aromatic N) is 1. The first-order valence-corrected chi connectivity index (χ1v) is 12.7. The summed E-state index contributed by atoms with van der Waals surface area (Å²) in [5.74, 6) is 0.337. The van der Waals surface area contributed by atoms with Gasteiger partial charge in [-0.3, -0.25) is 4.79 Å². The Morgan fingerprint density at radius 1 is 1.05 bits per heavy atom. The zero-order valence-corrected chi connectivity index (χ0v) is 23.5. The number of benzene rings is 2. The second kappa shape index (κ2) is 14.1. The number of carbonyl (C=O) groups is 3. The van der Waals surface area contributed by atoms with Crippen molar-refractivity contribution in [3.63, 3.8) is 0 Å². The Morgan fingerprint density at radius 3 is 2.50 bits per heavy atom. The van der Waals surface area contributed by atoms with Gasteiger partial charge in [0, 0.05) is 5.70 Å². The first kappa shape index (κ1) is 30.1. The number of esters is 1. The quantitative estimate of drug-likeness (QED) is 0.198. The highest BCUT2D eigenvalue weighted by Crippen LogP contribution is 2.36. The second-order valence-corrected chi connectivity index (χ2v) is 8.66. The van der Waals surface area contributed by atoms with Crippen LogP contribution >= 0.6 is 11.6 Å². The van der Waals surface area contributed by atoms with Crippen LogP contribution in [-0.2, 0) is 14.3 Å². The molecule has 0 saturated heterocycles.